The average Bonchev–Trinajstić information content (AvgIpc) is 3.31. The van der Waals surface area contributed by atoms with Gasteiger partial charge in [-0.1, -0.05) is 24.3 Å². The first kappa shape index (κ1) is 16.8. The van der Waals surface area contributed by atoms with Crippen LogP contribution in [0, 0.1) is 0 Å². The minimum atomic E-state index is -0.706. The van der Waals surface area contributed by atoms with Crippen LogP contribution >= 0.6 is 11.3 Å². The lowest BCUT2D eigenvalue weighted by molar-refractivity contribution is -0.148. The summed E-state index contributed by atoms with van der Waals surface area (Å²) in [7, 11) is 0. The Morgan fingerprint density at radius 2 is 2.00 bits per heavy atom. The summed E-state index contributed by atoms with van der Waals surface area (Å²) in [6, 6.07) is 12.4. The van der Waals surface area contributed by atoms with Crippen LogP contribution in [0.4, 0.5) is 0 Å². The zero-order valence-corrected chi connectivity index (χ0v) is 14.2. The molecule has 0 aliphatic rings. The van der Waals surface area contributed by atoms with E-state index < -0.39 is 12.1 Å². The number of benzene rings is 1. The van der Waals surface area contributed by atoms with Crippen molar-refractivity contribution in [2.75, 3.05) is 6.54 Å². The molecule has 0 radical (unpaired) electrons. The molecule has 0 bridgehead atoms. The second-order valence-electron chi connectivity index (χ2n) is 5.10. The molecule has 2 heterocycles. The van der Waals surface area contributed by atoms with E-state index in [9.17, 15) is 9.59 Å². The molecule has 3 aromatic rings. The summed E-state index contributed by atoms with van der Waals surface area (Å²) in [5.41, 5.74) is 0.473. The molecule has 0 spiro atoms. The minimum absolute atomic E-state index is 0.200. The lowest BCUT2D eigenvalue weighted by atomic mass is 10.2. The monoisotopic (exact) mass is 357 g/mol. The summed E-state index contributed by atoms with van der Waals surface area (Å²) >= 11 is 1.47. The number of thiophene rings is 1. The number of ether oxygens (including phenoxy) is 1. The fraction of sp³-hybridized carbons (Fsp3) is 0.176. The van der Waals surface area contributed by atoms with Crippen molar-refractivity contribution in [1.82, 2.24) is 15.5 Å². The van der Waals surface area contributed by atoms with Crippen LogP contribution in [0.25, 0.3) is 10.8 Å². The Morgan fingerprint density at radius 1 is 1.20 bits per heavy atom. The highest BCUT2D eigenvalue weighted by Gasteiger charge is 2.19. The van der Waals surface area contributed by atoms with E-state index >= 15 is 0 Å². The van der Waals surface area contributed by atoms with Crippen LogP contribution < -0.4 is 5.32 Å². The molecule has 0 aliphatic carbocycles. The highest BCUT2D eigenvalue weighted by Crippen LogP contribution is 2.25. The first-order chi connectivity index (χ1) is 12.1. The minimum Gasteiger partial charge on any atom is -0.451 e. The average molecular weight is 357 g/mol. The van der Waals surface area contributed by atoms with Crippen molar-refractivity contribution in [2.24, 2.45) is 0 Å². The molecule has 2 aromatic heterocycles. The van der Waals surface area contributed by atoms with Crippen molar-refractivity contribution in [2.45, 2.75) is 13.0 Å². The van der Waals surface area contributed by atoms with E-state index in [-0.39, 0.29) is 18.3 Å². The number of hydrogen-bond donors (Lipinski definition) is 1. The summed E-state index contributed by atoms with van der Waals surface area (Å²) in [6.45, 7) is 1.38. The number of rotatable bonds is 6. The maximum absolute atomic E-state index is 11.9. The van der Waals surface area contributed by atoms with Crippen molar-refractivity contribution in [1.29, 1.82) is 0 Å². The second kappa shape index (κ2) is 7.71. The summed E-state index contributed by atoms with van der Waals surface area (Å²) in [4.78, 5) is 24.6. The number of hydrogen-bond acceptors (Lipinski definition) is 7. The lowest BCUT2D eigenvalue weighted by Crippen LogP contribution is -2.31. The van der Waals surface area contributed by atoms with Crippen LogP contribution in [0.3, 0.4) is 0 Å². The summed E-state index contributed by atoms with van der Waals surface area (Å²) < 4.78 is 10.7. The van der Waals surface area contributed by atoms with E-state index in [4.69, 9.17) is 9.15 Å². The molecule has 25 heavy (non-hydrogen) atoms. The maximum atomic E-state index is 11.9. The van der Waals surface area contributed by atoms with Gasteiger partial charge >= 0.3 is 5.97 Å². The van der Waals surface area contributed by atoms with Gasteiger partial charge in [0.2, 0.25) is 0 Å². The third-order valence-corrected chi connectivity index (χ3v) is 4.12. The van der Waals surface area contributed by atoms with Crippen molar-refractivity contribution in [3.05, 3.63) is 59.3 Å². The van der Waals surface area contributed by atoms with Gasteiger partial charge in [0.05, 0.1) is 4.88 Å². The van der Waals surface area contributed by atoms with Crippen LogP contribution in [0.1, 0.15) is 29.3 Å². The van der Waals surface area contributed by atoms with Gasteiger partial charge in [-0.05, 0) is 30.5 Å². The standard InChI is InChI=1S/C17H15N3O4S/c1-11(16-19-20-17(24-16)13-8-5-9-25-13)23-14(21)10-18-15(22)12-6-3-2-4-7-12/h2-9,11H,10H2,1H3,(H,18,22)/t11-/m1/s1. The molecule has 1 aromatic carbocycles. The first-order valence-corrected chi connectivity index (χ1v) is 8.41. The third-order valence-electron chi connectivity index (χ3n) is 3.26. The number of carbonyl (C=O) groups is 2. The largest absolute Gasteiger partial charge is 0.451 e. The van der Waals surface area contributed by atoms with Crippen LogP contribution in [0.5, 0.6) is 0 Å². The second-order valence-corrected chi connectivity index (χ2v) is 6.05. The molecule has 0 unspecified atom stereocenters. The van der Waals surface area contributed by atoms with Gasteiger partial charge < -0.3 is 14.5 Å². The molecule has 3 rings (SSSR count). The number of carbonyl (C=O) groups excluding carboxylic acids is 2. The fourth-order valence-corrected chi connectivity index (χ4v) is 2.68. The predicted octanol–water partition coefficient (Wildman–Crippen LogP) is 2.83. The smallest absolute Gasteiger partial charge is 0.326 e. The number of esters is 1. The molecule has 8 heteroatoms. The van der Waals surface area contributed by atoms with Gasteiger partial charge in [-0.2, -0.15) is 0 Å². The van der Waals surface area contributed by atoms with Gasteiger partial charge in [-0.3, -0.25) is 9.59 Å². The number of amides is 1. The van der Waals surface area contributed by atoms with Gasteiger partial charge in [0, 0.05) is 5.56 Å². The number of nitrogens with zero attached hydrogens (tertiary/aromatic N) is 2. The van der Waals surface area contributed by atoms with E-state index in [1.54, 1.807) is 31.2 Å². The zero-order chi connectivity index (χ0) is 17.6. The molecule has 0 saturated carbocycles. The van der Waals surface area contributed by atoms with Gasteiger partial charge in [-0.15, -0.1) is 21.5 Å². The molecular weight excluding hydrogens is 342 g/mol. The molecular formula is C17H15N3O4S. The van der Waals surface area contributed by atoms with E-state index in [1.165, 1.54) is 11.3 Å². The highest BCUT2D eigenvalue weighted by atomic mass is 32.1. The number of nitrogens with one attached hydrogen (secondary N) is 1. The highest BCUT2D eigenvalue weighted by molar-refractivity contribution is 7.13. The van der Waals surface area contributed by atoms with Gasteiger partial charge in [0.1, 0.15) is 6.54 Å². The lowest BCUT2D eigenvalue weighted by Gasteiger charge is -2.10. The maximum Gasteiger partial charge on any atom is 0.326 e. The molecule has 128 valence electrons. The Labute approximate surface area is 147 Å². The normalized spacial score (nSPS) is 11.7. The molecule has 7 nitrogen and oxygen atoms in total. The molecule has 0 saturated heterocycles. The van der Waals surface area contributed by atoms with Crippen molar-refractivity contribution in [3.63, 3.8) is 0 Å². The Bertz CT molecular complexity index is 846. The predicted molar refractivity (Wildman–Crippen MR) is 90.9 cm³/mol. The van der Waals surface area contributed by atoms with Crippen molar-refractivity contribution < 1.29 is 18.7 Å². The topological polar surface area (TPSA) is 94.3 Å². The zero-order valence-electron chi connectivity index (χ0n) is 13.3. The van der Waals surface area contributed by atoms with E-state index in [1.807, 2.05) is 23.6 Å². The Morgan fingerprint density at radius 3 is 2.72 bits per heavy atom. The quantitative estimate of drug-likeness (QED) is 0.682. The summed E-state index contributed by atoms with van der Waals surface area (Å²) in [5.74, 6) is -0.355. The van der Waals surface area contributed by atoms with Crippen molar-refractivity contribution in [3.8, 4) is 10.8 Å². The van der Waals surface area contributed by atoms with E-state index in [0.29, 0.717) is 11.5 Å². The Kier molecular flexibility index (Phi) is 5.20. The molecule has 1 N–H and O–H groups in total. The molecule has 1 atom stereocenters. The van der Waals surface area contributed by atoms with Crippen LogP contribution in [0.2, 0.25) is 0 Å². The van der Waals surface area contributed by atoms with Crippen molar-refractivity contribution >= 4 is 23.2 Å². The fourth-order valence-electron chi connectivity index (χ4n) is 2.03. The molecule has 0 fully saturated rings. The number of aromatic nitrogens is 2. The Balaban J connectivity index is 1.52. The SMILES string of the molecule is C[C@@H](OC(=O)CNC(=O)c1ccccc1)c1nnc(-c2cccs2)o1. The molecule has 0 aliphatic heterocycles. The van der Waals surface area contributed by atoms with E-state index in [0.717, 1.165) is 4.88 Å². The summed E-state index contributed by atoms with van der Waals surface area (Å²) in [6.07, 6.45) is -0.706. The summed E-state index contributed by atoms with van der Waals surface area (Å²) in [5, 5.41) is 12.2. The van der Waals surface area contributed by atoms with Gasteiger partial charge in [0.25, 0.3) is 17.7 Å². The van der Waals surface area contributed by atoms with Crippen LogP contribution in [-0.4, -0.2) is 28.6 Å². The molecule has 1 amide bonds. The first-order valence-electron chi connectivity index (χ1n) is 7.53. The van der Waals surface area contributed by atoms with Gasteiger partial charge in [-0.25, -0.2) is 0 Å². The van der Waals surface area contributed by atoms with Gasteiger partial charge in [0.15, 0.2) is 6.10 Å². The Hall–Kier alpha value is -3.00. The van der Waals surface area contributed by atoms with E-state index in [2.05, 4.69) is 15.5 Å². The third kappa shape index (κ3) is 4.30. The van der Waals surface area contributed by atoms with Crippen LogP contribution in [0.15, 0.2) is 52.3 Å². The van der Waals surface area contributed by atoms with Crippen LogP contribution in [-0.2, 0) is 9.53 Å².